The van der Waals surface area contributed by atoms with Crippen molar-refractivity contribution in [2.45, 2.75) is 111 Å². The number of nitrogens with zero attached hydrogens (tertiary/aromatic N) is 1. The van der Waals surface area contributed by atoms with Crippen molar-refractivity contribution in [1.29, 1.82) is 0 Å². The van der Waals surface area contributed by atoms with Crippen LogP contribution < -0.4 is 0 Å². The standard InChI is InChI=1S/C54H58N2Se/c1-51(2,3)39-17-13-33(14-18-39)35-25-36(34-15-19-40(20-16-34)52(4,5)6)27-37(26-35)47-32-49-43(23-24-57-49)48(55-47)29-38-28-42(54(10,11)12)31-45-44-30-41(53(7,8)9)21-22-46(44)56-50(38)45/h13-28,30-32,56H,29H2,1-12H3. The fourth-order valence-electron chi connectivity index (χ4n) is 8.04. The molecule has 57 heavy (non-hydrogen) atoms. The minimum absolute atomic E-state index is 0.00141. The Hall–Kier alpha value is -4.69. The van der Waals surface area contributed by atoms with Crippen LogP contribution in [0.4, 0.5) is 0 Å². The van der Waals surface area contributed by atoms with Gasteiger partial charge in [-0.25, -0.2) is 0 Å². The van der Waals surface area contributed by atoms with E-state index in [1.54, 1.807) is 0 Å². The first-order chi connectivity index (χ1) is 26.7. The van der Waals surface area contributed by atoms with Gasteiger partial charge in [0.05, 0.1) is 0 Å². The van der Waals surface area contributed by atoms with Gasteiger partial charge in [-0.3, -0.25) is 0 Å². The van der Waals surface area contributed by atoms with E-state index in [9.17, 15) is 0 Å². The zero-order valence-electron chi connectivity index (χ0n) is 36.0. The number of rotatable bonds is 5. The number of benzene rings is 5. The Balaban J connectivity index is 1.29. The molecular formula is C54H58N2Se. The fraction of sp³-hybridized carbons (Fsp3) is 0.315. The molecule has 8 aromatic rings. The Morgan fingerprint density at radius 3 is 1.51 bits per heavy atom. The second kappa shape index (κ2) is 14.0. The van der Waals surface area contributed by atoms with Crippen molar-refractivity contribution in [3.63, 3.8) is 0 Å². The van der Waals surface area contributed by atoms with E-state index >= 15 is 0 Å². The summed E-state index contributed by atoms with van der Waals surface area (Å²) in [6.45, 7) is 27.5. The van der Waals surface area contributed by atoms with Crippen LogP contribution >= 0.6 is 0 Å². The molecule has 0 fully saturated rings. The minimum atomic E-state index is 0.00141. The molecule has 290 valence electrons. The monoisotopic (exact) mass is 814 g/mol. The summed E-state index contributed by atoms with van der Waals surface area (Å²) in [4.78, 5) is 11.9. The Bertz CT molecular complexity index is 2690. The van der Waals surface area contributed by atoms with Crippen LogP contribution in [0.15, 0.2) is 114 Å². The summed E-state index contributed by atoms with van der Waals surface area (Å²) >= 11 is 0.265. The van der Waals surface area contributed by atoms with Crippen molar-refractivity contribution in [3.05, 3.63) is 148 Å². The van der Waals surface area contributed by atoms with Crippen molar-refractivity contribution < 1.29 is 0 Å². The van der Waals surface area contributed by atoms with E-state index in [0.717, 1.165) is 23.4 Å². The molecule has 0 saturated heterocycles. The van der Waals surface area contributed by atoms with Crippen molar-refractivity contribution >= 4 is 46.0 Å². The molecule has 0 radical (unpaired) electrons. The van der Waals surface area contributed by atoms with Gasteiger partial charge in [0.25, 0.3) is 0 Å². The van der Waals surface area contributed by atoms with E-state index in [1.807, 2.05) is 0 Å². The molecule has 0 bridgehead atoms. The molecule has 0 atom stereocenters. The first-order valence-corrected chi connectivity index (χ1v) is 22.4. The molecule has 0 aliphatic carbocycles. The van der Waals surface area contributed by atoms with Crippen LogP contribution in [-0.4, -0.2) is 24.5 Å². The molecule has 0 saturated carbocycles. The van der Waals surface area contributed by atoms with Gasteiger partial charge in [-0.05, 0) is 0 Å². The molecule has 8 rings (SSSR count). The molecule has 2 nitrogen and oxygen atoms in total. The Labute approximate surface area is 346 Å². The third-order valence-corrected chi connectivity index (χ3v) is 13.6. The van der Waals surface area contributed by atoms with E-state index in [0.29, 0.717) is 0 Å². The predicted molar refractivity (Wildman–Crippen MR) is 248 cm³/mol. The van der Waals surface area contributed by atoms with Crippen LogP contribution in [0.2, 0.25) is 0 Å². The van der Waals surface area contributed by atoms with E-state index in [2.05, 4.69) is 202 Å². The van der Waals surface area contributed by atoms with Crippen LogP contribution in [0.25, 0.3) is 65.0 Å². The summed E-state index contributed by atoms with van der Waals surface area (Å²) in [7, 11) is 0. The van der Waals surface area contributed by atoms with E-state index in [1.165, 1.54) is 81.5 Å². The zero-order chi connectivity index (χ0) is 40.7. The Morgan fingerprint density at radius 2 is 0.965 bits per heavy atom. The molecular weight excluding hydrogens is 756 g/mol. The van der Waals surface area contributed by atoms with Gasteiger partial charge in [0, 0.05) is 0 Å². The number of hydrogen-bond donors (Lipinski definition) is 1. The maximum absolute atomic E-state index is 5.62. The van der Waals surface area contributed by atoms with Crippen LogP contribution in [-0.2, 0) is 28.1 Å². The van der Waals surface area contributed by atoms with E-state index in [4.69, 9.17) is 4.98 Å². The normalized spacial score (nSPS) is 13.0. The van der Waals surface area contributed by atoms with Gasteiger partial charge < -0.3 is 0 Å². The van der Waals surface area contributed by atoms with E-state index in [-0.39, 0.29) is 36.2 Å². The summed E-state index contributed by atoms with van der Waals surface area (Å²) in [5.74, 6) is 0. The van der Waals surface area contributed by atoms with Crippen molar-refractivity contribution in [3.8, 4) is 33.5 Å². The molecule has 3 heterocycles. The molecule has 0 unspecified atom stereocenters. The third-order valence-electron chi connectivity index (χ3n) is 11.8. The third kappa shape index (κ3) is 7.82. The fourth-order valence-corrected chi connectivity index (χ4v) is 9.81. The molecule has 3 heteroatoms. The summed E-state index contributed by atoms with van der Waals surface area (Å²) in [6.07, 6.45) is 0.755. The van der Waals surface area contributed by atoms with Crippen LogP contribution in [0.5, 0.6) is 0 Å². The van der Waals surface area contributed by atoms with Crippen LogP contribution in [0.1, 0.15) is 117 Å². The molecule has 0 aliphatic heterocycles. The van der Waals surface area contributed by atoms with Crippen molar-refractivity contribution in [2.75, 3.05) is 0 Å². The average molecular weight is 814 g/mol. The van der Waals surface area contributed by atoms with Crippen LogP contribution in [0, 0.1) is 0 Å². The molecule has 3 aromatic heterocycles. The number of aromatic amines is 1. The number of nitrogens with one attached hydrogen (secondary N) is 1. The number of pyridine rings is 1. The number of hydrogen-bond acceptors (Lipinski definition) is 1. The number of fused-ring (bicyclic) bond motifs is 4. The zero-order valence-corrected chi connectivity index (χ0v) is 37.7. The summed E-state index contributed by atoms with van der Waals surface area (Å²) in [5, 5.41) is 3.90. The van der Waals surface area contributed by atoms with Gasteiger partial charge in [0.2, 0.25) is 0 Å². The molecule has 0 aliphatic rings. The maximum atomic E-state index is 5.62. The predicted octanol–water partition coefficient (Wildman–Crippen LogP) is 14.7. The average Bonchev–Trinajstić information content (AvgIpc) is 3.78. The molecule has 0 spiro atoms. The molecule has 1 N–H and O–H groups in total. The SMILES string of the molecule is CC(C)(C)c1ccc(-c2cc(-c3ccc(C(C)(C)C)cc3)cc(-c3cc4[se]ccc4c(Cc4cc(C(C)(C)C)cc5c4[nH]c4ccc(C(C)(C)C)cc45)n3)c2)cc1. The summed E-state index contributed by atoms with van der Waals surface area (Å²) in [6, 6.07) is 41.9. The summed E-state index contributed by atoms with van der Waals surface area (Å²) < 4.78 is 1.41. The second-order valence-electron chi connectivity index (χ2n) is 20.4. The summed E-state index contributed by atoms with van der Waals surface area (Å²) in [5.41, 5.74) is 17.6. The topological polar surface area (TPSA) is 28.7 Å². The first-order valence-electron chi connectivity index (χ1n) is 20.6. The Kier molecular flexibility index (Phi) is 9.62. The van der Waals surface area contributed by atoms with Gasteiger partial charge in [0.1, 0.15) is 0 Å². The quantitative estimate of drug-likeness (QED) is 0.172. The number of aromatic nitrogens is 2. The van der Waals surface area contributed by atoms with Gasteiger partial charge in [-0.1, -0.05) is 0 Å². The van der Waals surface area contributed by atoms with E-state index < -0.39 is 0 Å². The van der Waals surface area contributed by atoms with Crippen molar-refractivity contribution in [2.24, 2.45) is 0 Å². The first kappa shape index (κ1) is 39.1. The van der Waals surface area contributed by atoms with Crippen molar-refractivity contribution in [1.82, 2.24) is 9.97 Å². The Morgan fingerprint density at radius 1 is 0.456 bits per heavy atom. The molecule has 0 amide bonds. The molecule has 5 aromatic carbocycles. The van der Waals surface area contributed by atoms with Gasteiger partial charge in [-0.2, -0.15) is 0 Å². The van der Waals surface area contributed by atoms with Gasteiger partial charge in [0.15, 0.2) is 0 Å². The van der Waals surface area contributed by atoms with Crippen LogP contribution in [0.3, 0.4) is 0 Å². The second-order valence-corrected chi connectivity index (χ2v) is 22.3. The van der Waals surface area contributed by atoms with Gasteiger partial charge >= 0.3 is 348 Å². The number of H-pyrrole nitrogens is 1. The van der Waals surface area contributed by atoms with Gasteiger partial charge in [-0.15, -0.1) is 0 Å².